The standard InChI is InChI=1S/C18H17ClN2O5S/c1-26-15-9-8-14(21-17(22)6-3-7-18(21)23)11-16(15)27(24,25)20-13-5-2-4-12(19)10-13/h2,4-5,8-11,20H,3,6-7H2,1H3. The van der Waals surface area contributed by atoms with Gasteiger partial charge < -0.3 is 4.74 Å². The molecule has 0 saturated carbocycles. The number of piperidine rings is 1. The SMILES string of the molecule is COc1ccc(N2C(=O)CCCC2=O)cc1S(=O)(=O)Nc1cccc(Cl)c1. The van der Waals surface area contributed by atoms with Crippen LogP contribution in [-0.2, 0) is 19.6 Å². The van der Waals surface area contributed by atoms with Gasteiger partial charge in [-0.25, -0.2) is 8.42 Å². The van der Waals surface area contributed by atoms with Crippen LogP contribution in [0, 0.1) is 0 Å². The summed E-state index contributed by atoms with van der Waals surface area (Å²) in [4.78, 5) is 25.1. The van der Waals surface area contributed by atoms with Crippen molar-refractivity contribution >= 4 is 44.8 Å². The third-order valence-corrected chi connectivity index (χ3v) is 5.69. The van der Waals surface area contributed by atoms with Gasteiger partial charge in [0.05, 0.1) is 18.5 Å². The molecule has 0 spiro atoms. The largest absolute Gasteiger partial charge is 0.495 e. The van der Waals surface area contributed by atoms with Gasteiger partial charge in [-0.15, -0.1) is 0 Å². The maximum Gasteiger partial charge on any atom is 0.265 e. The lowest BCUT2D eigenvalue weighted by Gasteiger charge is -2.25. The van der Waals surface area contributed by atoms with E-state index in [2.05, 4.69) is 4.72 Å². The normalized spacial score (nSPS) is 15.0. The Kier molecular flexibility index (Phi) is 5.38. The number of carbonyl (C=O) groups excluding carboxylic acids is 2. The molecule has 142 valence electrons. The number of methoxy groups -OCH3 is 1. The van der Waals surface area contributed by atoms with Crippen molar-refractivity contribution in [1.29, 1.82) is 0 Å². The molecular formula is C18H17ClN2O5S. The summed E-state index contributed by atoms with van der Waals surface area (Å²) in [5.41, 5.74) is 0.469. The van der Waals surface area contributed by atoms with Crippen molar-refractivity contribution in [2.24, 2.45) is 0 Å². The molecule has 1 saturated heterocycles. The number of imide groups is 1. The molecule has 0 aromatic heterocycles. The van der Waals surface area contributed by atoms with Gasteiger partial charge in [0.25, 0.3) is 10.0 Å². The smallest absolute Gasteiger partial charge is 0.265 e. The zero-order valence-corrected chi connectivity index (χ0v) is 16.0. The second-order valence-corrected chi connectivity index (χ2v) is 8.01. The molecule has 2 aromatic rings. The quantitative estimate of drug-likeness (QED) is 0.767. The summed E-state index contributed by atoms with van der Waals surface area (Å²) < 4.78 is 33.3. The van der Waals surface area contributed by atoms with Crippen LogP contribution in [0.4, 0.5) is 11.4 Å². The topological polar surface area (TPSA) is 92.8 Å². The van der Waals surface area contributed by atoms with Crippen molar-refractivity contribution < 1.29 is 22.7 Å². The Balaban J connectivity index is 2.03. The average molecular weight is 409 g/mol. The third kappa shape index (κ3) is 4.06. The molecule has 9 heteroatoms. The molecule has 7 nitrogen and oxygen atoms in total. The predicted molar refractivity (Wildman–Crippen MR) is 102 cm³/mol. The van der Waals surface area contributed by atoms with Gasteiger partial charge in [-0.3, -0.25) is 19.2 Å². The van der Waals surface area contributed by atoms with Gasteiger partial charge in [-0.1, -0.05) is 17.7 Å². The molecule has 0 bridgehead atoms. The van der Waals surface area contributed by atoms with Crippen LogP contribution in [0.1, 0.15) is 19.3 Å². The fraction of sp³-hybridized carbons (Fsp3) is 0.222. The lowest BCUT2D eigenvalue weighted by molar-refractivity contribution is -0.129. The van der Waals surface area contributed by atoms with Crippen molar-refractivity contribution in [3.05, 3.63) is 47.5 Å². The maximum atomic E-state index is 12.9. The van der Waals surface area contributed by atoms with Crippen LogP contribution < -0.4 is 14.4 Å². The summed E-state index contributed by atoms with van der Waals surface area (Å²) in [5, 5.41) is 0.375. The van der Waals surface area contributed by atoms with Gasteiger partial charge in [-0.2, -0.15) is 0 Å². The highest BCUT2D eigenvalue weighted by molar-refractivity contribution is 7.92. The second kappa shape index (κ2) is 7.58. The van der Waals surface area contributed by atoms with Gasteiger partial charge in [0.15, 0.2) is 0 Å². The number of nitrogens with zero attached hydrogens (tertiary/aromatic N) is 1. The number of nitrogens with one attached hydrogen (secondary N) is 1. The van der Waals surface area contributed by atoms with E-state index in [0.29, 0.717) is 11.4 Å². The minimum atomic E-state index is -4.05. The molecular weight excluding hydrogens is 392 g/mol. The van der Waals surface area contributed by atoms with E-state index in [0.717, 1.165) is 4.90 Å². The molecule has 2 amide bonds. The van der Waals surface area contributed by atoms with Gasteiger partial charge in [-0.05, 0) is 42.8 Å². The van der Waals surface area contributed by atoms with E-state index in [-0.39, 0.29) is 46.7 Å². The van der Waals surface area contributed by atoms with E-state index < -0.39 is 10.0 Å². The number of benzene rings is 2. The van der Waals surface area contributed by atoms with Crippen molar-refractivity contribution in [1.82, 2.24) is 0 Å². The highest BCUT2D eigenvalue weighted by atomic mass is 35.5. The van der Waals surface area contributed by atoms with Crippen LogP contribution in [0.2, 0.25) is 5.02 Å². The van der Waals surface area contributed by atoms with Crippen LogP contribution in [0.25, 0.3) is 0 Å². The fourth-order valence-corrected chi connectivity index (χ4v) is 4.25. The molecule has 27 heavy (non-hydrogen) atoms. The van der Waals surface area contributed by atoms with Gasteiger partial charge in [0, 0.05) is 17.9 Å². The van der Waals surface area contributed by atoms with E-state index in [4.69, 9.17) is 16.3 Å². The Hall–Kier alpha value is -2.58. The number of ether oxygens (including phenoxy) is 1. The highest BCUT2D eigenvalue weighted by Gasteiger charge is 2.29. The summed E-state index contributed by atoms with van der Waals surface area (Å²) in [6.07, 6.45) is 0.965. The number of amides is 2. The van der Waals surface area contributed by atoms with Crippen molar-refractivity contribution in [2.75, 3.05) is 16.7 Å². The van der Waals surface area contributed by atoms with Crippen LogP contribution in [0.3, 0.4) is 0 Å². The van der Waals surface area contributed by atoms with Crippen molar-refractivity contribution in [3.63, 3.8) is 0 Å². The molecule has 1 fully saturated rings. The van der Waals surface area contributed by atoms with Gasteiger partial charge in [0.2, 0.25) is 11.8 Å². The third-order valence-electron chi connectivity index (χ3n) is 4.05. The maximum absolute atomic E-state index is 12.9. The zero-order valence-electron chi connectivity index (χ0n) is 14.4. The Morgan fingerprint density at radius 1 is 1.07 bits per heavy atom. The molecule has 0 unspecified atom stereocenters. The summed E-state index contributed by atoms with van der Waals surface area (Å²) >= 11 is 5.90. The van der Waals surface area contributed by atoms with Gasteiger partial charge >= 0.3 is 0 Å². The second-order valence-electron chi connectivity index (χ2n) is 5.93. The molecule has 1 aliphatic rings. The minimum Gasteiger partial charge on any atom is -0.495 e. The number of rotatable bonds is 5. The molecule has 0 radical (unpaired) electrons. The first-order valence-corrected chi connectivity index (χ1v) is 10.00. The molecule has 1 heterocycles. The average Bonchev–Trinajstić information content (AvgIpc) is 2.61. The number of halogens is 1. The number of anilines is 2. The molecule has 0 aliphatic carbocycles. The number of hydrogen-bond donors (Lipinski definition) is 1. The first-order valence-electron chi connectivity index (χ1n) is 8.14. The Morgan fingerprint density at radius 2 is 1.78 bits per heavy atom. The van der Waals surface area contributed by atoms with E-state index in [1.54, 1.807) is 18.2 Å². The first kappa shape index (κ1) is 19.2. The Labute approximate surface area is 161 Å². The van der Waals surface area contributed by atoms with Crippen molar-refractivity contribution in [3.8, 4) is 5.75 Å². The lowest BCUT2D eigenvalue weighted by Crippen LogP contribution is -2.40. The zero-order chi connectivity index (χ0) is 19.6. The van der Waals surface area contributed by atoms with Crippen LogP contribution in [-0.4, -0.2) is 27.3 Å². The minimum absolute atomic E-state index is 0.0881. The van der Waals surface area contributed by atoms with E-state index >= 15 is 0 Å². The first-order chi connectivity index (χ1) is 12.8. The van der Waals surface area contributed by atoms with Gasteiger partial charge in [0.1, 0.15) is 10.6 Å². The summed E-state index contributed by atoms with van der Waals surface area (Å²) in [7, 11) is -2.71. The van der Waals surface area contributed by atoms with Crippen LogP contribution in [0.5, 0.6) is 5.75 Å². The highest BCUT2D eigenvalue weighted by Crippen LogP contribution is 2.32. The lowest BCUT2D eigenvalue weighted by atomic mass is 10.1. The summed E-state index contributed by atoms with van der Waals surface area (Å²) in [6, 6.07) is 10.4. The molecule has 1 N–H and O–H groups in total. The fourth-order valence-electron chi connectivity index (χ4n) is 2.82. The van der Waals surface area contributed by atoms with E-state index in [1.807, 2.05) is 0 Å². The molecule has 0 atom stereocenters. The number of hydrogen-bond acceptors (Lipinski definition) is 5. The van der Waals surface area contributed by atoms with E-state index in [9.17, 15) is 18.0 Å². The monoisotopic (exact) mass is 408 g/mol. The Morgan fingerprint density at radius 3 is 2.41 bits per heavy atom. The van der Waals surface area contributed by atoms with E-state index in [1.165, 1.54) is 31.4 Å². The molecule has 3 rings (SSSR count). The molecule has 2 aromatic carbocycles. The predicted octanol–water partition coefficient (Wildman–Crippen LogP) is 3.19. The number of carbonyl (C=O) groups is 2. The van der Waals surface area contributed by atoms with Crippen LogP contribution in [0.15, 0.2) is 47.4 Å². The summed E-state index contributed by atoms with van der Waals surface area (Å²) in [6.45, 7) is 0. The Bertz CT molecular complexity index is 991. The number of sulfonamides is 1. The van der Waals surface area contributed by atoms with Crippen LogP contribution >= 0.6 is 11.6 Å². The van der Waals surface area contributed by atoms with Crippen molar-refractivity contribution in [2.45, 2.75) is 24.2 Å². The molecule has 1 aliphatic heterocycles. The summed E-state index contributed by atoms with van der Waals surface area (Å²) in [5.74, 6) is -0.629.